The molecule has 16 heavy (non-hydrogen) atoms. The van der Waals surface area contributed by atoms with Crippen LogP contribution in [0.5, 0.6) is 0 Å². The number of aryl methyl sites for hydroxylation is 1. The Morgan fingerprint density at radius 1 is 1.62 bits per heavy atom. The topological polar surface area (TPSA) is 96.3 Å². The summed E-state index contributed by atoms with van der Waals surface area (Å²) in [6.07, 6.45) is 2.34. The van der Waals surface area contributed by atoms with Crippen molar-refractivity contribution in [3.05, 3.63) is 6.20 Å². The summed E-state index contributed by atoms with van der Waals surface area (Å²) in [4.78, 5) is 0. The summed E-state index contributed by atoms with van der Waals surface area (Å²) in [5.41, 5.74) is 6.37. The summed E-state index contributed by atoms with van der Waals surface area (Å²) in [5, 5.41) is 25.3. The first-order valence-electron chi connectivity index (χ1n) is 5.53. The largest absolute Gasteiger partial charge is 0.394 e. The van der Waals surface area contributed by atoms with E-state index in [1.807, 2.05) is 0 Å². The summed E-state index contributed by atoms with van der Waals surface area (Å²) in [6.45, 7) is 3.21. The predicted molar refractivity (Wildman–Crippen MR) is 63.1 cm³/mol. The van der Waals surface area contributed by atoms with Gasteiger partial charge in [0.25, 0.3) is 0 Å². The standard InChI is InChI=1S/C10H20N4O2/c1-2-4-12-10-9(11)6-13-14(10)5-3-8(16)7-15/h6,8,12,15-16H,2-5,7,11H2,1H3. The quantitative estimate of drug-likeness (QED) is 0.528. The second kappa shape index (κ2) is 6.34. The number of hydrogen-bond donors (Lipinski definition) is 4. The van der Waals surface area contributed by atoms with Crippen molar-refractivity contribution in [2.24, 2.45) is 0 Å². The highest BCUT2D eigenvalue weighted by atomic mass is 16.3. The minimum Gasteiger partial charge on any atom is -0.394 e. The van der Waals surface area contributed by atoms with Crippen LogP contribution >= 0.6 is 0 Å². The van der Waals surface area contributed by atoms with Gasteiger partial charge in [0.05, 0.1) is 24.6 Å². The first-order chi connectivity index (χ1) is 7.69. The fourth-order valence-corrected chi connectivity index (χ4v) is 1.37. The Balaban J connectivity index is 2.57. The van der Waals surface area contributed by atoms with Crippen molar-refractivity contribution in [1.29, 1.82) is 0 Å². The average molecular weight is 228 g/mol. The van der Waals surface area contributed by atoms with E-state index in [9.17, 15) is 5.11 Å². The van der Waals surface area contributed by atoms with Crippen LogP contribution in [-0.4, -0.2) is 39.2 Å². The molecule has 0 aromatic carbocycles. The van der Waals surface area contributed by atoms with Crippen LogP contribution in [0.2, 0.25) is 0 Å². The number of hydrogen-bond acceptors (Lipinski definition) is 5. The van der Waals surface area contributed by atoms with Gasteiger partial charge < -0.3 is 21.3 Å². The monoisotopic (exact) mass is 228 g/mol. The van der Waals surface area contributed by atoms with Gasteiger partial charge in [0.1, 0.15) is 5.82 Å². The Morgan fingerprint density at radius 2 is 2.38 bits per heavy atom. The number of aliphatic hydroxyl groups excluding tert-OH is 2. The van der Waals surface area contributed by atoms with Crippen molar-refractivity contribution in [2.75, 3.05) is 24.2 Å². The summed E-state index contributed by atoms with van der Waals surface area (Å²) < 4.78 is 1.71. The highest BCUT2D eigenvalue weighted by molar-refractivity contribution is 5.60. The van der Waals surface area contributed by atoms with E-state index in [4.69, 9.17) is 10.8 Å². The van der Waals surface area contributed by atoms with Gasteiger partial charge in [-0.05, 0) is 12.8 Å². The highest BCUT2D eigenvalue weighted by Gasteiger charge is 2.09. The summed E-state index contributed by atoms with van der Waals surface area (Å²) in [7, 11) is 0. The molecule has 1 atom stereocenters. The summed E-state index contributed by atoms with van der Waals surface area (Å²) in [5.74, 6) is 0.784. The summed E-state index contributed by atoms with van der Waals surface area (Å²) >= 11 is 0. The van der Waals surface area contributed by atoms with Crippen LogP contribution in [0.25, 0.3) is 0 Å². The molecule has 6 nitrogen and oxygen atoms in total. The SMILES string of the molecule is CCCNc1c(N)cnn1CCC(O)CO. The minimum atomic E-state index is -0.704. The molecule has 0 bridgehead atoms. The third-order valence-corrected chi connectivity index (χ3v) is 2.30. The van der Waals surface area contributed by atoms with Gasteiger partial charge in [-0.25, -0.2) is 4.68 Å². The molecule has 6 heteroatoms. The molecule has 0 saturated carbocycles. The van der Waals surface area contributed by atoms with E-state index < -0.39 is 6.10 Å². The number of nitrogens with two attached hydrogens (primary N) is 1. The maximum Gasteiger partial charge on any atom is 0.147 e. The average Bonchev–Trinajstić information content (AvgIpc) is 2.64. The molecule has 5 N–H and O–H groups in total. The van der Waals surface area contributed by atoms with Crippen LogP contribution in [0.15, 0.2) is 6.20 Å². The number of rotatable bonds is 7. The molecule has 0 saturated heterocycles. The van der Waals surface area contributed by atoms with E-state index in [1.54, 1.807) is 10.9 Å². The van der Waals surface area contributed by atoms with E-state index in [-0.39, 0.29) is 6.61 Å². The fourth-order valence-electron chi connectivity index (χ4n) is 1.37. The molecule has 0 radical (unpaired) electrons. The van der Waals surface area contributed by atoms with Crippen LogP contribution in [0.1, 0.15) is 19.8 Å². The van der Waals surface area contributed by atoms with Gasteiger partial charge in [0.15, 0.2) is 0 Å². The molecular formula is C10H20N4O2. The number of nitrogens with zero attached hydrogens (tertiary/aromatic N) is 2. The Hall–Kier alpha value is -1.27. The van der Waals surface area contributed by atoms with Gasteiger partial charge in [0, 0.05) is 13.1 Å². The first-order valence-corrected chi connectivity index (χ1v) is 5.53. The third-order valence-electron chi connectivity index (χ3n) is 2.30. The zero-order valence-electron chi connectivity index (χ0n) is 9.56. The molecule has 1 aromatic heterocycles. The van der Waals surface area contributed by atoms with Crippen LogP contribution in [0.4, 0.5) is 11.5 Å². The summed E-state index contributed by atoms with van der Waals surface area (Å²) in [6, 6.07) is 0. The molecule has 0 amide bonds. The Morgan fingerprint density at radius 3 is 3.00 bits per heavy atom. The van der Waals surface area contributed by atoms with E-state index in [0.717, 1.165) is 18.8 Å². The molecule has 0 fully saturated rings. The van der Waals surface area contributed by atoms with Gasteiger partial charge in [-0.2, -0.15) is 5.10 Å². The Labute approximate surface area is 95.1 Å². The van der Waals surface area contributed by atoms with Gasteiger partial charge in [-0.15, -0.1) is 0 Å². The van der Waals surface area contributed by atoms with Crippen molar-refractivity contribution < 1.29 is 10.2 Å². The van der Waals surface area contributed by atoms with Crippen molar-refractivity contribution in [2.45, 2.75) is 32.4 Å². The first kappa shape index (κ1) is 12.8. The molecule has 92 valence electrons. The Kier molecular flexibility index (Phi) is 5.07. The third kappa shape index (κ3) is 3.39. The maximum atomic E-state index is 9.25. The molecule has 0 aliphatic heterocycles. The molecule has 1 heterocycles. The lowest BCUT2D eigenvalue weighted by Gasteiger charge is -2.11. The number of aromatic nitrogens is 2. The lowest BCUT2D eigenvalue weighted by Crippen LogP contribution is -2.17. The second-order valence-corrected chi connectivity index (χ2v) is 3.72. The van der Waals surface area contributed by atoms with Crippen LogP contribution in [0, 0.1) is 0 Å². The number of nitrogens with one attached hydrogen (secondary N) is 1. The van der Waals surface area contributed by atoms with Gasteiger partial charge in [-0.3, -0.25) is 0 Å². The van der Waals surface area contributed by atoms with E-state index in [1.165, 1.54) is 0 Å². The van der Waals surface area contributed by atoms with Gasteiger partial charge >= 0.3 is 0 Å². The van der Waals surface area contributed by atoms with Crippen LogP contribution in [0.3, 0.4) is 0 Å². The zero-order valence-corrected chi connectivity index (χ0v) is 9.56. The van der Waals surface area contributed by atoms with Crippen LogP contribution in [-0.2, 0) is 6.54 Å². The minimum absolute atomic E-state index is 0.228. The molecule has 0 spiro atoms. The molecule has 0 aliphatic carbocycles. The van der Waals surface area contributed by atoms with Gasteiger partial charge in [-0.1, -0.05) is 6.92 Å². The van der Waals surface area contributed by atoms with Crippen molar-refractivity contribution in [1.82, 2.24) is 9.78 Å². The highest BCUT2D eigenvalue weighted by Crippen LogP contribution is 2.17. The van der Waals surface area contributed by atoms with Crippen molar-refractivity contribution in [3.8, 4) is 0 Å². The van der Waals surface area contributed by atoms with Crippen molar-refractivity contribution >= 4 is 11.5 Å². The molecular weight excluding hydrogens is 208 g/mol. The van der Waals surface area contributed by atoms with E-state index >= 15 is 0 Å². The number of nitrogen functional groups attached to an aromatic ring is 1. The van der Waals surface area contributed by atoms with E-state index in [0.29, 0.717) is 18.7 Å². The van der Waals surface area contributed by atoms with E-state index in [2.05, 4.69) is 17.3 Å². The lowest BCUT2D eigenvalue weighted by atomic mass is 10.3. The van der Waals surface area contributed by atoms with Crippen LogP contribution < -0.4 is 11.1 Å². The maximum absolute atomic E-state index is 9.25. The lowest BCUT2D eigenvalue weighted by molar-refractivity contribution is 0.0839. The number of anilines is 2. The molecule has 0 aliphatic rings. The smallest absolute Gasteiger partial charge is 0.147 e. The molecule has 1 aromatic rings. The Bertz CT molecular complexity index is 314. The fraction of sp³-hybridized carbons (Fsp3) is 0.700. The molecule has 1 rings (SSSR count). The zero-order chi connectivity index (χ0) is 12.0. The van der Waals surface area contributed by atoms with Gasteiger partial charge in [0.2, 0.25) is 0 Å². The van der Waals surface area contributed by atoms with Crippen molar-refractivity contribution in [3.63, 3.8) is 0 Å². The predicted octanol–water partition coefficient (Wildman–Crippen LogP) is 0.0305. The normalized spacial score (nSPS) is 12.7. The number of aliphatic hydroxyl groups is 2. The second-order valence-electron chi connectivity index (χ2n) is 3.72. The molecule has 1 unspecified atom stereocenters.